The summed E-state index contributed by atoms with van der Waals surface area (Å²) in [7, 11) is 0. The van der Waals surface area contributed by atoms with Crippen molar-refractivity contribution in [1.82, 2.24) is 19.9 Å². The maximum absolute atomic E-state index is 5.52. The minimum atomic E-state index is 0.120. The van der Waals surface area contributed by atoms with Gasteiger partial charge in [-0.25, -0.2) is 4.98 Å². The number of thioether (sulfide) groups is 1. The maximum atomic E-state index is 5.52. The Bertz CT molecular complexity index is 691. The van der Waals surface area contributed by atoms with Crippen molar-refractivity contribution in [3.63, 3.8) is 0 Å². The Balaban J connectivity index is 1.69. The van der Waals surface area contributed by atoms with E-state index < -0.39 is 0 Å². The third-order valence-electron chi connectivity index (χ3n) is 2.28. The average Bonchev–Trinajstić information content (AvgIpc) is 3.06. The molecule has 0 radical (unpaired) electrons. The van der Waals surface area contributed by atoms with Gasteiger partial charge in [-0.3, -0.25) is 0 Å². The summed E-state index contributed by atoms with van der Waals surface area (Å²) in [5, 5.41) is 3.31. The van der Waals surface area contributed by atoms with Crippen LogP contribution in [0.4, 0.5) is 11.9 Å². The molecule has 7 nitrogen and oxygen atoms in total. The molecule has 0 unspecified atom stereocenters. The molecule has 0 saturated heterocycles. The molecule has 9 heteroatoms. The van der Waals surface area contributed by atoms with E-state index in [0.717, 1.165) is 16.5 Å². The molecule has 0 aliphatic heterocycles. The summed E-state index contributed by atoms with van der Waals surface area (Å²) in [5.74, 6) is 1.63. The van der Waals surface area contributed by atoms with Gasteiger partial charge >= 0.3 is 0 Å². The molecule has 3 aromatic rings. The largest absolute Gasteiger partial charge is 0.462 e. The molecule has 0 fully saturated rings. The second-order valence-corrected chi connectivity index (χ2v) is 5.54. The van der Waals surface area contributed by atoms with Crippen LogP contribution >= 0.6 is 23.1 Å². The molecule has 0 spiro atoms. The normalized spacial score (nSPS) is 10.8. The van der Waals surface area contributed by atoms with Gasteiger partial charge in [-0.15, -0.1) is 11.3 Å². The van der Waals surface area contributed by atoms with Crippen molar-refractivity contribution >= 4 is 35.0 Å². The number of nitrogens with two attached hydrogens (primary N) is 2. The number of furan rings is 1. The monoisotopic (exact) mass is 306 g/mol. The molecule has 102 valence electrons. The molecule has 0 saturated carbocycles. The van der Waals surface area contributed by atoms with Crippen LogP contribution in [-0.2, 0) is 5.75 Å². The number of nitrogens with zero attached hydrogens (tertiary/aromatic N) is 4. The minimum absolute atomic E-state index is 0.120. The fraction of sp³-hybridized carbons (Fsp3) is 0.0909. The summed E-state index contributed by atoms with van der Waals surface area (Å²) in [4.78, 5) is 16.2. The van der Waals surface area contributed by atoms with E-state index >= 15 is 0 Å². The van der Waals surface area contributed by atoms with E-state index in [0.29, 0.717) is 10.9 Å². The minimum Gasteiger partial charge on any atom is -0.462 e. The third kappa shape index (κ3) is 2.89. The van der Waals surface area contributed by atoms with Crippen molar-refractivity contribution in [2.24, 2.45) is 0 Å². The molecular weight excluding hydrogens is 296 g/mol. The zero-order chi connectivity index (χ0) is 13.9. The highest BCUT2D eigenvalue weighted by molar-refractivity contribution is 7.98. The van der Waals surface area contributed by atoms with Crippen LogP contribution < -0.4 is 11.5 Å². The lowest BCUT2D eigenvalue weighted by Crippen LogP contribution is -2.03. The Labute approximate surface area is 122 Å². The summed E-state index contributed by atoms with van der Waals surface area (Å²) in [6.45, 7) is 0. The van der Waals surface area contributed by atoms with E-state index in [2.05, 4.69) is 19.9 Å². The van der Waals surface area contributed by atoms with Crippen molar-refractivity contribution < 1.29 is 4.42 Å². The molecule has 20 heavy (non-hydrogen) atoms. The topological polar surface area (TPSA) is 117 Å². The first-order chi connectivity index (χ1) is 9.70. The van der Waals surface area contributed by atoms with E-state index in [1.807, 2.05) is 17.5 Å². The number of thiazole rings is 1. The van der Waals surface area contributed by atoms with Crippen LogP contribution in [0, 0.1) is 0 Å². The van der Waals surface area contributed by atoms with Crippen LogP contribution in [0.25, 0.3) is 10.8 Å². The highest BCUT2D eigenvalue weighted by atomic mass is 32.2. The summed E-state index contributed by atoms with van der Waals surface area (Å²) in [6, 6.07) is 3.71. The number of hydrogen-bond acceptors (Lipinski definition) is 9. The highest BCUT2D eigenvalue weighted by Crippen LogP contribution is 2.27. The first kappa shape index (κ1) is 12.9. The second-order valence-electron chi connectivity index (χ2n) is 3.74. The van der Waals surface area contributed by atoms with E-state index in [9.17, 15) is 0 Å². The first-order valence-electron chi connectivity index (χ1n) is 5.59. The van der Waals surface area contributed by atoms with Crippen LogP contribution in [0.1, 0.15) is 5.69 Å². The summed E-state index contributed by atoms with van der Waals surface area (Å²) in [5.41, 5.74) is 12.0. The van der Waals surface area contributed by atoms with Crippen LogP contribution in [0.2, 0.25) is 0 Å². The number of anilines is 2. The smallest absolute Gasteiger partial charge is 0.225 e. The zero-order valence-corrected chi connectivity index (χ0v) is 11.8. The van der Waals surface area contributed by atoms with Crippen LogP contribution in [0.3, 0.4) is 0 Å². The molecular formula is C11H10N6OS2. The molecule has 3 heterocycles. The SMILES string of the molecule is Nc1nc(N)nc(SCc2csc(-c3ccco3)n2)n1. The van der Waals surface area contributed by atoms with Crippen molar-refractivity contribution in [3.8, 4) is 10.8 Å². The van der Waals surface area contributed by atoms with Gasteiger partial charge in [0.1, 0.15) is 0 Å². The summed E-state index contributed by atoms with van der Waals surface area (Å²) in [6.07, 6.45) is 1.63. The molecule has 0 aromatic carbocycles. The molecule has 0 atom stereocenters. The van der Waals surface area contributed by atoms with Crippen LogP contribution in [-0.4, -0.2) is 19.9 Å². The lowest BCUT2D eigenvalue weighted by atomic mass is 10.5. The Hall–Kier alpha value is -2.13. The van der Waals surface area contributed by atoms with Gasteiger partial charge in [-0.1, -0.05) is 11.8 Å². The molecule has 3 aromatic heterocycles. The van der Waals surface area contributed by atoms with Gasteiger partial charge in [0.05, 0.1) is 12.0 Å². The quantitative estimate of drug-likeness (QED) is 0.703. The standard InChI is InChI=1S/C11H10N6OS2/c12-9-15-10(13)17-11(16-9)20-5-6-4-19-8(14-6)7-2-1-3-18-7/h1-4H,5H2,(H4,12,13,15,16,17). The number of aromatic nitrogens is 4. The van der Waals surface area contributed by atoms with Gasteiger partial charge in [0.25, 0.3) is 0 Å². The predicted molar refractivity (Wildman–Crippen MR) is 78.0 cm³/mol. The highest BCUT2D eigenvalue weighted by Gasteiger charge is 2.09. The fourth-order valence-corrected chi connectivity index (χ4v) is 3.11. The van der Waals surface area contributed by atoms with E-state index in [1.54, 1.807) is 6.26 Å². The molecule has 4 N–H and O–H groups in total. The van der Waals surface area contributed by atoms with Crippen molar-refractivity contribution in [1.29, 1.82) is 0 Å². The van der Waals surface area contributed by atoms with E-state index in [-0.39, 0.29) is 11.9 Å². The summed E-state index contributed by atoms with van der Waals surface area (Å²) < 4.78 is 5.30. The number of nitrogen functional groups attached to an aromatic ring is 2. The third-order valence-corrected chi connectivity index (χ3v) is 4.07. The van der Waals surface area contributed by atoms with Gasteiger partial charge in [0.2, 0.25) is 11.9 Å². The molecule has 0 bridgehead atoms. The zero-order valence-electron chi connectivity index (χ0n) is 10.2. The van der Waals surface area contributed by atoms with Gasteiger partial charge in [-0.2, -0.15) is 15.0 Å². The number of hydrogen-bond donors (Lipinski definition) is 2. The van der Waals surface area contributed by atoms with Gasteiger partial charge in [-0.05, 0) is 12.1 Å². The van der Waals surface area contributed by atoms with Crippen molar-refractivity contribution in [2.45, 2.75) is 10.9 Å². The second kappa shape index (κ2) is 5.47. The van der Waals surface area contributed by atoms with E-state index in [4.69, 9.17) is 15.9 Å². The Morgan fingerprint density at radius 3 is 2.65 bits per heavy atom. The predicted octanol–water partition coefficient (Wildman–Crippen LogP) is 2.04. The first-order valence-corrected chi connectivity index (χ1v) is 7.45. The van der Waals surface area contributed by atoms with Gasteiger partial charge < -0.3 is 15.9 Å². The summed E-state index contributed by atoms with van der Waals surface area (Å²) >= 11 is 2.93. The molecule has 0 aliphatic rings. The molecule has 0 amide bonds. The maximum Gasteiger partial charge on any atom is 0.225 e. The fourth-order valence-electron chi connectivity index (χ4n) is 1.48. The average molecular weight is 306 g/mol. The Kier molecular flexibility index (Phi) is 3.52. The molecule has 0 aliphatic carbocycles. The lowest BCUT2D eigenvalue weighted by Gasteiger charge is -1.99. The van der Waals surface area contributed by atoms with Gasteiger partial charge in [0.15, 0.2) is 15.9 Å². The Morgan fingerprint density at radius 1 is 1.15 bits per heavy atom. The van der Waals surface area contributed by atoms with Crippen LogP contribution in [0.5, 0.6) is 0 Å². The van der Waals surface area contributed by atoms with Crippen molar-refractivity contribution in [3.05, 3.63) is 29.5 Å². The molecule has 3 rings (SSSR count). The lowest BCUT2D eigenvalue weighted by molar-refractivity contribution is 0.581. The van der Waals surface area contributed by atoms with Gasteiger partial charge in [0, 0.05) is 11.1 Å². The number of rotatable bonds is 4. The van der Waals surface area contributed by atoms with Crippen LogP contribution in [0.15, 0.2) is 33.3 Å². The van der Waals surface area contributed by atoms with E-state index in [1.165, 1.54) is 23.1 Å². The van der Waals surface area contributed by atoms with Crippen molar-refractivity contribution in [2.75, 3.05) is 11.5 Å². The Morgan fingerprint density at radius 2 is 1.95 bits per heavy atom.